The number of amides is 1. The Labute approximate surface area is 166 Å². The molecule has 0 aliphatic heterocycles. The molecule has 0 spiro atoms. The zero-order valence-electron chi connectivity index (χ0n) is 15.3. The topological polar surface area (TPSA) is 98.1 Å². The second-order valence-electron chi connectivity index (χ2n) is 5.92. The number of ether oxygens (including phenoxy) is 1. The zero-order valence-corrected chi connectivity index (χ0v) is 16.0. The first-order chi connectivity index (χ1) is 13.5. The molecular formula is C19H18ClN5O3. The maximum Gasteiger partial charge on any atom is 0.337 e. The lowest BCUT2D eigenvalue weighted by atomic mass is 10.1. The van der Waals surface area contributed by atoms with Gasteiger partial charge in [0, 0.05) is 10.7 Å². The second kappa shape index (κ2) is 8.53. The van der Waals surface area contributed by atoms with Crippen molar-refractivity contribution in [3.8, 4) is 5.69 Å². The molecule has 1 aromatic heterocycles. The molecule has 2 N–H and O–H groups in total. The van der Waals surface area contributed by atoms with Gasteiger partial charge in [-0.2, -0.15) is 5.10 Å². The first-order valence-electron chi connectivity index (χ1n) is 8.35. The number of halogens is 1. The average Bonchev–Trinajstić information content (AvgIpc) is 3.21. The highest BCUT2D eigenvalue weighted by atomic mass is 35.5. The summed E-state index contributed by atoms with van der Waals surface area (Å²) in [6.45, 7) is 1.87. The monoisotopic (exact) mass is 399 g/mol. The number of carbonyl (C=O) groups excluding carboxylic acids is 2. The molecular weight excluding hydrogens is 382 g/mol. The van der Waals surface area contributed by atoms with Gasteiger partial charge in [-0.3, -0.25) is 4.79 Å². The van der Waals surface area contributed by atoms with Crippen molar-refractivity contribution in [1.29, 1.82) is 0 Å². The van der Waals surface area contributed by atoms with Crippen molar-refractivity contribution in [2.24, 2.45) is 0 Å². The molecule has 1 heterocycles. The van der Waals surface area contributed by atoms with Crippen LogP contribution in [-0.4, -0.2) is 40.3 Å². The van der Waals surface area contributed by atoms with E-state index in [1.807, 2.05) is 6.92 Å². The molecule has 9 heteroatoms. The van der Waals surface area contributed by atoms with Crippen LogP contribution in [0.1, 0.15) is 15.9 Å². The van der Waals surface area contributed by atoms with Crippen molar-refractivity contribution in [3.05, 3.63) is 65.2 Å². The maximum atomic E-state index is 12.4. The lowest BCUT2D eigenvalue weighted by molar-refractivity contribution is -0.114. The van der Waals surface area contributed by atoms with Crippen molar-refractivity contribution >= 4 is 34.9 Å². The Kier molecular flexibility index (Phi) is 5.90. The van der Waals surface area contributed by atoms with Crippen LogP contribution in [0.5, 0.6) is 0 Å². The number of aryl methyl sites for hydroxylation is 1. The predicted octanol–water partition coefficient (Wildman–Crippen LogP) is 3.07. The van der Waals surface area contributed by atoms with E-state index >= 15 is 0 Å². The van der Waals surface area contributed by atoms with Gasteiger partial charge in [-0.05, 0) is 48.9 Å². The van der Waals surface area contributed by atoms with E-state index in [1.54, 1.807) is 36.4 Å². The van der Waals surface area contributed by atoms with Crippen molar-refractivity contribution in [2.45, 2.75) is 6.92 Å². The molecule has 28 heavy (non-hydrogen) atoms. The number of hydrogen-bond acceptors (Lipinski definition) is 6. The van der Waals surface area contributed by atoms with Crippen LogP contribution in [0.15, 0.2) is 49.1 Å². The van der Waals surface area contributed by atoms with E-state index in [1.165, 1.54) is 24.4 Å². The van der Waals surface area contributed by atoms with Crippen molar-refractivity contribution in [2.75, 3.05) is 24.3 Å². The first-order valence-corrected chi connectivity index (χ1v) is 8.73. The van der Waals surface area contributed by atoms with Crippen LogP contribution in [0.3, 0.4) is 0 Å². The minimum atomic E-state index is -0.408. The zero-order chi connectivity index (χ0) is 20.1. The molecule has 144 valence electrons. The molecule has 8 nitrogen and oxygen atoms in total. The highest BCUT2D eigenvalue weighted by molar-refractivity contribution is 6.31. The molecule has 0 atom stereocenters. The lowest BCUT2D eigenvalue weighted by Crippen LogP contribution is -2.23. The van der Waals surface area contributed by atoms with E-state index in [0.717, 1.165) is 11.3 Å². The number of esters is 1. The third kappa shape index (κ3) is 4.47. The first kappa shape index (κ1) is 19.4. The van der Waals surface area contributed by atoms with E-state index in [2.05, 4.69) is 20.7 Å². The summed E-state index contributed by atoms with van der Waals surface area (Å²) in [5.74, 6) is -0.672. The molecule has 1 amide bonds. The largest absolute Gasteiger partial charge is 0.465 e. The summed E-state index contributed by atoms with van der Waals surface area (Å²) in [4.78, 5) is 27.9. The highest BCUT2D eigenvalue weighted by Crippen LogP contribution is 2.24. The van der Waals surface area contributed by atoms with Gasteiger partial charge in [0.1, 0.15) is 12.7 Å². The number of nitrogens with zero attached hydrogens (tertiary/aromatic N) is 3. The molecule has 0 unspecified atom stereocenters. The summed E-state index contributed by atoms with van der Waals surface area (Å²) in [6, 6.07) is 10.2. The summed E-state index contributed by atoms with van der Waals surface area (Å²) in [6.07, 6.45) is 2.94. The smallest absolute Gasteiger partial charge is 0.337 e. The van der Waals surface area contributed by atoms with Crippen LogP contribution in [0.4, 0.5) is 11.4 Å². The Balaban J connectivity index is 1.69. The molecule has 0 saturated carbocycles. The van der Waals surface area contributed by atoms with Gasteiger partial charge in [-0.25, -0.2) is 14.5 Å². The highest BCUT2D eigenvalue weighted by Gasteiger charge is 2.12. The minimum Gasteiger partial charge on any atom is -0.465 e. The van der Waals surface area contributed by atoms with Gasteiger partial charge in [0.25, 0.3) is 0 Å². The van der Waals surface area contributed by atoms with Crippen LogP contribution >= 0.6 is 11.6 Å². The van der Waals surface area contributed by atoms with Gasteiger partial charge in [0.2, 0.25) is 5.91 Å². The lowest BCUT2D eigenvalue weighted by Gasteiger charge is -2.13. The molecule has 3 aromatic rings. The Morgan fingerprint density at radius 2 is 2.00 bits per heavy atom. The number of nitrogens with one attached hydrogen (secondary N) is 2. The molecule has 3 rings (SSSR count). The SMILES string of the molecule is COC(=O)c1ccc(NCC(=O)Nc2cc(Cl)ccc2-n2cncn2)c(C)c1. The second-order valence-corrected chi connectivity index (χ2v) is 6.36. The fourth-order valence-corrected chi connectivity index (χ4v) is 2.79. The molecule has 0 aliphatic carbocycles. The number of carbonyl (C=O) groups is 2. The molecule has 0 saturated heterocycles. The number of rotatable bonds is 6. The summed E-state index contributed by atoms with van der Waals surface area (Å²) >= 11 is 6.06. The third-order valence-electron chi connectivity index (χ3n) is 3.99. The van der Waals surface area contributed by atoms with Gasteiger partial charge >= 0.3 is 5.97 Å². The van der Waals surface area contributed by atoms with E-state index in [9.17, 15) is 9.59 Å². The van der Waals surface area contributed by atoms with Crippen molar-refractivity contribution < 1.29 is 14.3 Å². The predicted molar refractivity (Wildman–Crippen MR) is 106 cm³/mol. The Hall–Kier alpha value is -3.39. The summed E-state index contributed by atoms with van der Waals surface area (Å²) in [5.41, 5.74) is 3.18. The standard InChI is InChI=1S/C19H18ClN5O3/c1-12-7-13(19(27)28-2)3-5-15(12)22-9-18(26)24-16-8-14(20)4-6-17(16)25-11-21-10-23-25/h3-8,10-11,22H,9H2,1-2H3,(H,24,26). The van der Waals surface area contributed by atoms with Gasteiger partial charge in [-0.1, -0.05) is 11.6 Å². The van der Waals surface area contributed by atoms with E-state index in [-0.39, 0.29) is 12.5 Å². The molecule has 0 radical (unpaired) electrons. The average molecular weight is 400 g/mol. The maximum absolute atomic E-state index is 12.4. The number of hydrogen-bond donors (Lipinski definition) is 2. The number of methoxy groups -OCH3 is 1. The molecule has 0 fully saturated rings. The molecule has 0 aliphatic rings. The van der Waals surface area contributed by atoms with Gasteiger partial charge < -0.3 is 15.4 Å². The van der Waals surface area contributed by atoms with Crippen LogP contribution < -0.4 is 10.6 Å². The van der Waals surface area contributed by atoms with E-state index in [4.69, 9.17) is 16.3 Å². The van der Waals surface area contributed by atoms with Crippen molar-refractivity contribution in [3.63, 3.8) is 0 Å². The van der Waals surface area contributed by atoms with Gasteiger partial charge in [-0.15, -0.1) is 0 Å². The van der Waals surface area contributed by atoms with Crippen LogP contribution in [0.25, 0.3) is 5.69 Å². The summed E-state index contributed by atoms with van der Waals surface area (Å²) < 4.78 is 6.24. The third-order valence-corrected chi connectivity index (χ3v) is 4.22. The molecule has 0 bridgehead atoms. The quantitative estimate of drug-likeness (QED) is 0.618. The van der Waals surface area contributed by atoms with E-state index in [0.29, 0.717) is 22.0 Å². The normalized spacial score (nSPS) is 10.4. The number of anilines is 2. The molecule has 2 aromatic carbocycles. The Morgan fingerprint density at radius 1 is 1.18 bits per heavy atom. The number of aromatic nitrogens is 3. The van der Waals surface area contributed by atoms with Crippen LogP contribution in [-0.2, 0) is 9.53 Å². The van der Waals surface area contributed by atoms with E-state index < -0.39 is 5.97 Å². The minimum absolute atomic E-state index is 0.0295. The Morgan fingerprint density at radius 3 is 2.68 bits per heavy atom. The fraction of sp³-hybridized carbons (Fsp3) is 0.158. The van der Waals surface area contributed by atoms with Crippen LogP contribution in [0, 0.1) is 6.92 Å². The summed E-state index contributed by atoms with van der Waals surface area (Å²) in [5, 5.41) is 10.4. The van der Waals surface area contributed by atoms with Crippen molar-refractivity contribution in [1.82, 2.24) is 14.8 Å². The Bertz CT molecular complexity index is 1000. The number of benzene rings is 2. The summed E-state index contributed by atoms with van der Waals surface area (Å²) in [7, 11) is 1.33. The fourth-order valence-electron chi connectivity index (χ4n) is 2.62. The van der Waals surface area contributed by atoms with Gasteiger partial charge in [0.15, 0.2) is 0 Å². The van der Waals surface area contributed by atoms with Crippen LogP contribution in [0.2, 0.25) is 5.02 Å². The van der Waals surface area contributed by atoms with Gasteiger partial charge in [0.05, 0.1) is 30.6 Å².